The molecule has 152 valence electrons. The van der Waals surface area contributed by atoms with E-state index in [-0.39, 0.29) is 11.2 Å². The van der Waals surface area contributed by atoms with E-state index in [9.17, 15) is 9.59 Å². The van der Waals surface area contributed by atoms with Gasteiger partial charge in [0.25, 0.3) is 5.56 Å². The summed E-state index contributed by atoms with van der Waals surface area (Å²) >= 11 is 0. The maximum absolute atomic E-state index is 12.6. The van der Waals surface area contributed by atoms with Gasteiger partial charge in [0, 0.05) is 44.8 Å². The van der Waals surface area contributed by atoms with Gasteiger partial charge < -0.3 is 14.6 Å². The third-order valence-electron chi connectivity index (χ3n) is 5.09. The minimum Gasteiger partial charge on any atom is -0.494 e. The van der Waals surface area contributed by atoms with Crippen LogP contribution >= 0.6 is 0 Å². The zero-order valence-electron chi connectivity index (χ0n) is 17.0. The van der Waals surface area contributed by atoms with Crippen molar-refractivity contribution in [2.75, 3.05) is 18.5 Å². The number of nitrogens with zero attached hydrogens (tertiary/aromatic N) is 5. The van der Waals surface area contributed by atoms with Gasteiger partial charge in [0.15, 0.2) is 11.2 Å². The SMILES string of the molecule is CCOc1ccc(NCCn2c(C)cn3c4c(=O)n(C)c(=O)n(C)c4nc23)cc1. The molecule has 0 aliphatic carbocycles. The summed E-state index contributed by atoms with van der Waals surface area (Å²) in [5.41, 5.74) is 2.05. The zero-order valence-corrected chi connectivity index (χ0v) is 17.0. The maximum Gasteiger partial charge on any atom is 0.332 e. The second-order valence-corrected chi connectivity index (χ2v) is 6.97. The van der Waals surface area contributed by atoms with Gasteiger partial charge >= 0.3 is 5.69 Å². The van der Waals surface area contributed by atoms with Gasteiger partial charge in [-0.2, -0.15) is 4.98 Å². The van der Waals surface area contributed by atoms with Crippen LogP contribution in [0.4, 0.5) is 5.69 Å². The number of rotatable bonds is 6. The Morgan fingerprint density at radius 2 is 1.83 bits per heavy atom. The third-order valence-corrected chi connectivity index (χ3v) is 5.09. The lowest BCUT2D eigenvalue weighted by atomic mass is 10.3. The number of hydrogen-bond donors (Lipinski definition) is 1. The number of hydrogen-bond acceptors (Lipinski definition) is 5. The van der Waals surface area contributed by atoms with Crippen LogP contribution in [0.2, 0.25) is 0 Å². The first-order valence-electron chi connectivity index (χ1n) is 9.53. The monoisotopic (exact) mass is 396 g/mol. The van der Waals surface area contributed by atoms with E-state index in [1.807, 2.05) is 48.9 Å². The van der Waals surface area contributed by atoms with Crippen LogP contribution in [0.15, 0.2) is 40.1 Å². The second kappa shape index (κ2) is 7.16. The molecule has 0 saturated carbocycles. The van der Waals surface area contributed by atoms with Gasteiger partial charge in [0.1, 0.15) is 5.75 Å². The molecule has 1 aromatic carbocycles. The molecule has 0 radical (unpaired) electrons. The molecule has 1 N–H and O–H groups in total. The highest BCUT2D eigenvalue weighted by molar-refractivity contribution is 5.75. The number of aromatic nitrogens is 5. The third kappa shape index (κ3) is 3.08. The van der Waals surface area contributed by atoms with Crippen LogP contribution in [0.3, 0.4) is 0 Å². The fourth-order valence-corrected chi connectivity index (χ4v) is 3.55. The minimum atomic E-state index is -0.385. The van der Waals surface area contributed by atoms with Crippen LogP contribution in [0, 0.1) is 6.92 Å². The number of benzene rings is 1. The first-order valence-corrected chi connectivity index (χ1v) is 9.53. The number of imidazole rings is 2. The summed E-state index contributed by atoms with van der Waals surface area (Å²) in [6, 6.07) is 7.82. The summed E-state index contributed by atoms with van der Waals surface area (Å²) < 4.78 is 11.8. The lowest BCUT2D eigenvalue weighted by molar-refractivity contribution is 0.340. The first-order chi connectivity index (χ1) is 13.9. The summed E-state index contributed by atoms with van der Waals surface area (Å²) in [6.45, 7) is 5.92. The molecule has 0 aliphatic heterocycles. The van der Waals surface area contributed by atoms with E-state index >= 15 is 0 Å². The number of anilines is 1. The maximum atomic E-state index is 12.6. The predicted octanol–water partition coefficient (Wildman–Crippen LogP) is 1.51. The van der Waals surface area contributed by atoms with Crippen LogP contribution < -0.4 is 21.3 Å². The highest BCUT2D eigenvalue weighted by atomic mass is 16.5. The molecule has 0 aliphatic rings. The van der Waals surface area contributed by atoms with E-state index in [4.69, 9.17) is 4.74 Å². The molecule has 4 rings (SSSR count). The summed E-state index contributed by atoms with van der Waals surface area (Å²) in [5.74, 6) is 1.49. The topological polar surface area (TPSA) is 87.5 Å². The molecule has 0 fully saturated rings. The number of aryl methyl sites for hydroxylation is 2. The molecule has 0 spiro atoms. The second-order valence-electron chi connectivity index (χ2n) is 6.97. The van der Waals surface area contributed by atoms with Crippen LogP contribution in [0.1, 0.15) is 12.6 Å². The van der Waals surface area contributed by atoms with E-state index in [0.717, 1.165) is 21.7 Å². The van der Waals surface area contributed by atoms with Crippen molar-refractivity contribution in [1.82, 2.24) is 23.1 Å². The van der Waals surface area contributed by atoms with Crippen molar-refractivity contribution in [2.24, 2.45) is 14.1 Å². The average molecular weight is 396 g/mol. The van der Waals surface area contributed by atoms with Gasteiger partial charge in [0.2, 0.25) is 5.78 Å². The lowest BCUT2D eigenvalue weighted by Gasteiger charge is -2.10. The Labute approximate surface area is 166 Å². The van der Waals surface area contributed by atoms with Crippen molar-refractivity contribution in [3.63, 3.8) is 0 Å². The molecule has 0 bridgehead atoms. The fraction of sp³-hybridized carbons (Fsp3) is 0.350. The van der Waals surface area contributed by atoms with Crippen molar-refractivity contribution in [2.45, 2.75) is 20.4 Å². The average Bonchev–Trinajstić information content (AvgIpc) is 3.22. The lowest BCUT2D eigenvalue weighted by Crippen LogP contribution is -2.37. The van der Waals surface area contributed by atoms with E-state index in [0.29, 0.717) is 36.6 Å². The van der Waals surface area contributed by atoms with E-state index < -0.39 is 0 Å². The highest BCUT2D eigenvalue weighted by Gasteiger charge is 2.18. The normalized spacial score (nSPS) is 11.4. The Balaban J connectivity index is 1.63. The highest BCUT2D eigenvalue weighted by Crippen LogP contribution is 2.17. The molecule has 4 aromatic rings. The van der Waals surface area contributed by atoms with Gasteiger partial charge in [-0.1, -0.05) is 0 Å². The number of nitrogens with one attached hydrogen (secondary N) is 1. The van der Waals surface area contributed by atoms with Gasteiger partial charge in [-0.15, -0.1) is 0 Å². The quantitative estimate of drug-likeness (QED) is 0.534. The Bertz CT molecular complexity index is 1310. The van der Waals surface area contributed by atoms with Crippen LogP contribution in [0.5, 0.6) is 5.75 Å². The van der Waals surface area contributed by atoms with E-state index in [1.54, 1.807) is 11.4 Å². The van der Waals surface area contributed by atoms with Crippen molar-refractivity contribution in [3.05, 3.63) is 57.0 Å². The molecule has 3 aromatic heterocycles. The molecule has 0 saturated heterocycles. The largest absolute Gasteiger partial charge is 0.494 e. The molecule has 9 heteroatoms. The van der Waals surface area contributed by atoms with Crippen LogP contribution in [-0.2, 0) is 20.6 Å². The predicted molar refractivity (Wildman–Crippen MR) is 112 cm³/mol. The molecular weight excluding hydrogens is 372 g/mol. The summed E-state index contributed by atoms with van der Waals surface area (Å²) in [7, 11) is 3.11. The van der Waals surface area contributed by atoms with Crippen LogP contribution in [-0.4, -0.2) is 36.2 Å². The smallest absolute Gasteiger partial charge is 0.332 e. The van der Waals surface area contributed by atoms with Gasteiger partial charge in [-0.05, 0) is 38.1 Å². The first kappa shape index (κ1) is 18.9. The molecule has 9 nitrogen and oxygen atoms in total. The van der Waals surface area contributed by atoms with Crippen molar-refractivity contribution >= 4 is 22.6 Å². The summed E-state index contributed by atoms with van der Waals surface area (Å²) in [4.78, 5) is 29.4. The van der Waals surface area contributed by atoms with Gasteiger partial charge in [0.05, 0.1) is 6.61 Å². The van der Waals surface area contributed by atoms with Gasteiger partial charge in [-0.25, -0.2) is 4.79 Å². The standard InChI is InChI=1S/C20H24N6O3/c1-5-29-15-8-6-14(7-9-15)21-10-11-25-13(2)12-26-16-17(22-19(25)26)23(3)20(28)24(4)18(16)27/h6-9,12,21H,5,10-11H2,1-4H3. The van der Waals surface area contributed by atoms with Gasteiger partial charge in [-0.3, -0.25) is 18.3 Å². The van der Waals surface area contributed by atoms with Crippen molar-refractivity contribution < 1.29 is 4.74 Å². The summed E-state index contributed by atoms with van der Waals surface area (Å²) in [6.07, 6.45) is 1.88. The Morgan fingerprint density at radius 3 is 2.52 bits per heavy atom. The molecular formula is C20H24N6O3. The van der Waals surface area contributed by atoms with Crippen LogP contribution in [0.25, 0.3) is 16.9 Å². The molecule has 29 heavy (non-hydrogen) atoms. The number of ether oxygens (including phenoxy) is 1. The zero-order chi connectivity index (χ0) is 20.7. The molecule has 3 heterocycles. The Hall–Kier alpha value is -3.49. The Morgan fingerprint density at radius 1 is 1.10 bits per heavy atom. The Kier molecular flexibility index (Phi) is 4.65. The molecule has 0 unspecified atom stereocenters. The van der Waals surface area contributed by atoms with E-state index in [1.165, 1.54) is 11.6 Å². The number of fused-ring (bicyclic) bond motifs is 3. The fourth-order valence-electron chi connectivity index (χ4n) is 3.55. The molecule has 0 amide bonds. The van der Waals surface area contributed by atoms with Crippen molar-refractivity contribution in [3.8, 4) is 5.75 Å². The summed E-state index contributed by atoms with van der Waals surface area (Å²) in [5, 5.41) is 3.38. The minimum absolute atomic E-state index is 0.347. The van der Waals surface area contributed by atoms with Crippen molar-refractivity contribution in [1.29, 1.82) is 0 Å². The van der Waals surface area contributed by atoms with E-state index in [2.05, 4.69) is 10.3 Å². The molecule has 0 atom stereocenters.